The second-order valence-electron chi connectivity index (χ2n) is 7.61. The van der Waals surface area contributed by atoms with Crippen LogP contribution in [0.25, 0.3) is 21.1 Å². The van der Waals surface area contributed by atoms with Gasteiger partial charge in [0.25, 0.3) is 21.5 Å². The molecule has 1 N–H and O–H groups in total. The molecule has 0 aliphatic heterocycles. The summed E-state index contributed by atoms with van der Waals surface area (Å²) in [6.07, 6.45) is 3.73. The zero-order valence-electron chi connectivity index (χ0n) is 20.7. The molecule has 1 aromatic rings. The van der Waals surface area contributed by atoms with Crippen LogP contribution in [0.1, 0.15) is 39.0 Å². The molecule has 0 aromatic heterocycles. The molecule has 0 aliphatic rings. The lowest BCUT2D eigenvalue weighted by molar-refractivity contribution is 0.0959. The molecule has 198 valence electrons. The van der Waals surface area contributed by atoms with Crippen LogP contribution in [0.4, 0.5) is 0 Å². The van der Waals surface area contributed by atoms with Crippen molar-refractivity contribution >= 4 is 21.5 Å². The van der Waals surface area contributed by atoms with E-state index in [1.165, 1.54) is 12.1 Å². The number of unbranched alkanes of at least 4 members (excludes halogenated alkanes) is 3. The van der Waals surface area contributed by atoms with Crippen molar-refractivity contribution in [3.63, 3.8) is 0 Å². The Kier molecular flexibility index (Phi) is 15.0. The summed E-state index contributed by atoms with van der Waals surface area (Å²) >= 11 is 0. The highest BCUT2D eigenvalue weighted by molar-refractivity contribution is 7.85. The quantitative estimate of drug-likeness (QED) is 0.182. The molecule has 0 radical (unpaired) electrons. The van der Waals surface area contributed by atoms with Gasteiger partial charge in [0.1, 0.15) is 24.7 Å². The largest absolute Gasteiger partial charge is 0.492 e. The Morgan fingerprint density at radius 1 is 0.838 bits per heavy atom. The zero-order chi connectivity index (χ0) is 27.5. The highest BCUT2D eigenvalue weighted by Crippen LogP contribution is 2.12. The Bertz CT molecular complexity index is 1250. The van der Waals surface area contributed by atoms with Gasteiger partial charge in [0.15, 0.2) is 0 Å². The van der Waals surface area contributed by atoms with Crippen molar-refractivity contribution in [2.24, 2.45) is 0 Å². The maximum absolute atomic E-state index is 10.7. The average molecular weight is 531 g/mol. The average Bonchev–Trinajstić information content (AvgIpc) is 2.87. The minimum absolute atomic E-state index is 0.0210. The van der Waals surface area contributed by atoms with E-state index >= 15 is 0 Å². The van der Waals surface area contributed by atoms with Gasteiger partial charge in [0.05, 0.1) is 44.2 Å². The Balaban J connectivity index is 3.05. The summed E-state index contributed by atoms with van der Waals surface area (Å²) in [4.78, 5) is 6.49. The Morgan fingerprint density at radius 2 is 1.30 bits per heavy atom. The molecular weight excluding hydrogens is 500 g/mol. The highest BCUT2D eigenvalue weighted by atomic mass is 32.2. The van der Waals surface area contributed by atoms with Gasteiger partial charge in [0.2, 0.25) is 0 Å². The van der Waals surface area contributed by atoms with Crippen LogP contribution >= 0.6 is 0 Å². The van der Waals surface area contributed by atoms with E-state index < -0.39 is 10.1 Å². The minimum atomic E-state index is -4.00. The summed E-state index contributed by atoms with van der Waals surface area (Å²) in [7, 11) is -4.00. The van der Waals surface area contributed by atoms with E-state index in [-0.39, 0.29) is 78.5 Å². The van der Waals surface area contributed by atoms with Crippen LogP contribution < -0.4 is 19.9 Å². The van der Waals surface area contributed by atoms with Crippen LogP contribution in [0.15, 0.2) is 12.1 Å². The number of hydrogen-bond acceptors (Lipinski definition) is 8. The van der Waals surface area contributed by atoms with E-state index in [0.717, 1.165) is 19.3 Å². The Morgan fingerprint density at radius 3 is 1.68 bits per heavy atom. The lowest BCUT2D eigenvalue weighted by Crippen LogP contribution is -2.22. The lowest BCUT2D eigenvalue weighted by Gasteiger charge is -2.13. The van der Waals surface area contributed by atoms with Crippen LogP contribution in [-0.4, -0.2) is 58.4 Å². The maximum Gasteiger partial charge on any atom is 0.272 e. The molecule has 0 bridgehead atoms. The molecule has 0 saturated heterocycles. The van der Waals surface area contributed by atoms with E-state index in [2.05, 4.69) is 16.6 Å². The molecule has 0 saturated carbocycles. The maximum atomic E-state index is 10.7. The first-order valence-corrected chi connectivity index (χ1v) is 13.3. The molecule has 1 rings (SSSR count). The van der Waals surface area contributed by atoms with Gasteiger partial charge in [-0.2, -0.15) is 8.42 Å². The van der Waals surface area contributed by atoms with Crippen LogP contribution in [0, 0.1) is 35.8 Å². The van der Waals surface area contributed by atoms with Crippen molar-refractivity contribution in [2.75, 3.05) is 45.4 Å². The Labute approximate surface area is 217 Å². The number of nitriles is 2. The smallest absolute Gasteiger partial charge is 0.272 e. The summed E-state index contributed by atoms with van der Waals surface area (Å²) in [6, 6.07) is 6.42. The lowest BCUT2D eigenvalue weighted by atomic mass is 10.1. The molecule has 12 heteroatoms. The van der Waals surface area contributed by atoms with Gasteiger partial charge < -0.3 is 18.9 Å². The minimum Gasteiger partial charge on any atom is -0.492 e. The number of rotatable bonds is 17. The number of benzene rings is 1. The van der Waals surface area contributed by atoms with E-state index in [1.54, 1.807) is 0 Å². The van der Waals surface area contributed by atoms with Gasteiger partial charge in [0, 0.05) is 23.7 Å². The van der Waals surface area contributed by atoms with Gasteiger partial charge in [-0.05, 0) is 31.4 Å². The molecule has 1 aromatic carbocycles. The SMILES string of the molecule is [C-]#[N+]/C(C#N)=c1/cc(OCCOCCCCS(=O)(=O)O)/c(=C(\C#N)[N+]#[C-])cc1OCCOCCCCC. The standard InChI is InChI=1S/C25H30N4O7S/c1-4-5-6-9-33-11-13-35-24-16-21(23(19-27)29-3)25(17-20(24)22(18-26)28-2)36-14-12-34-10-7-8-15-37(30,31)32/h16-17H,4-15H2,1H3,(H,30,31,32)/b22-20-,23-21+. The molecule has 0 fully saturated rings. The molecule has 11 nitrogen and oxygen atoms in total. The topological polar surface area (TPSA) is 148 Å². The number of hydrogen-bond donors (Lipinski definition) is 1. The second-order valence-corrected chi connectivity index (χ2v) is 9.18. The summed E-state index contributed by atoms with van der Waals surface area (Å²) in [5, 5.41) is 19.2. The molecule has 0 aliphatic carbocycles. The van der Waals surface area contributed by atoms with Gasteiger partial charge in [-0.15, -0.1) is 0 Å². The molecule has 0 unspecified atom stereocenters. The fourth-order valence-electron chi connectivity index (χ4n) is 3.03. The number of nitrogens with zero attached hydrogens (tertiary/aromatic N) is 4. The first-order valence-electron chi connectivity index (χ1n) is 11.6. The summed E-state index contributed by atoms with van der Waals surface area (Å²) < 4.78 is 52.6. The van der Waals surface area contributed by atoms with Crippen molar-refractivity contribution in [1.29, 1.82) is 10.5 Å². The van der Waals surface area contributed by atoms with Gasteiger partial charge in [-0.3, -0.25) is 4.55 Å². The van der Waals surface area contributed by atoms with Crippen LogP contribution in [-0.2, 0) is 19.6 Å². The van der Waals surface area contributed by atoms with Crippen molar-refractivity contribution in [3.8, 4) is 23.6 Å². The first-order chi connectivity index (χ1) is 17.8. The van der Waals surface area contributed by atoms with E-state index in [0.29, 0.717) is 13.0 Å². The Hall–Kier alpha value is -3.65. The van der Waals surface area contributed by atoms with E-state index in [1.807, 2.05) is 12.1 Å². The van der Waals surface area contributed by atoms with Crippen molar-refractivity contribution in [3.05, 3.63) is 45.4 Å². The predicted octanol–water partition coefficient (Wildman–Crippen LogP) is 2.44. The van der Waals surface area contributed by atoms with Crippen molar-refractivity contribution in [2.45, 2.75) is 39.0 Å². The van der Waals surface area contributed by atoms with Crippen molar-refractivity contribution in [1.82, 2.24) is 0 Å². The molecule has 0 heterocycles. The molecule has 0 spiro atoms. The van der Waals surface area contributed by atoms with Gasteiger partial charge in [-0.25, -0.2) is 20.2 Å². The molecule has 0 amide bonds. The normalized spacial score (nSPS) is 12.4. The second kappa shape index (κ2) is 17.7. The van der Waals surface area contributed by atoms with Crippen LogP contribution in [0.2, 0.25) is 0 Å². The fraction of sp³-hybridized carbons (Fsp3) is 0.520. The summed E-state index contributed by atoms with van der Waals surface area (Å²) in [5.41, 5.74) is -0.499. The van der Waals surface area contributed by atoms with Crippen LogP contribution in [0.5, 0.6) is 11.5 Å². The highest BCUT2D eigenvalue weighted by Gasteiger charge is 2.12. The summed E-state index contributed by atoms with van der Waals surface area (Å²) in [6.45, 7) is 18.2. The zero-order valence-corrected chi connectivity index (χ0v) is 21.6. The number of ether oxygens (including phenoxy) is 4. The van der Waals surface area contributed by atoms with Gasteiger partial charge >= 0.3 is 0 Å². The fourth-order valence-corrected chi connectivity index (χ4v) is 3.60. The summed E-state index contributed by atoms with van der Waals surface area (Å²) in [5.74, 6) is -0.0868. The monoisotopic (exact) mass is 530 g/mol. The third kappa shape index (κ3) is 12.2. The molecule has 37 heavy (non-hydrogen) atoms. The van der Waals surface area contributed by atoms with E-state index in [4.69, 9.17) is 36.6 Å². The van der Waals surface area contributed by atoms with Gasteiger partial charge in [-0.1, -0.05) is 19.8 Å². The third-order valence-electron chi connectivity index (χ3n) is 4.83. The van der Waals surface area contributed by atoms with E-state index in [9.17, 15) is 18.9 Å². The molecular formula is C25H30N4O7S. The predicted molar refractivity (Wildman–Crippen MR) is 135 cm³/mol. The third-order valence-corrected chi connectivity index (χ3v) is 5.64. The first kappa shape index (κ1) is 31.4. The van der Waals surface area contributed by atoms with Crippen LogP contribution in [0.3, 0.4) is 0 Å². The van der Waals surface area contributed by atoms with Crippen molar-refractivity contribution < 1.29 is 31.9 Å². The molecule has 0 atom stereocenters.